The molecule has 2 aromatic carbocycles. The van der Waals surface area contributed by atoms with Gasteiger partial charge >= 0.3 is 0 Å². The molecule has 1 amide bonds. The zero-order valence-corrected chi connectivity index (χ0v) is 11.3. The van der Waals surface area contributed by atoms with Gasteiger partial charge in [-0.25, -0.2) is 0 Å². The van der Waals surface area contributed by atoms with Gasteiger partial charge in [0.1, 0.15) is 0 Å². The molecule has 2 N–H and O–H groups in total. The number of benzene rings is 2. The Morgan fingerprint density at radius 1 is 1.10 bits per heavy atom. The summed E-state index contributed by atoms with van der Waals surface area (Å²) < 4.78 is 0. The van der Waals surface area contributed by atoms with Crippen LogP contribution in [0.1, 0.15) is 22.7 Å². The first kappa shape index (κ1) is 12.0. The predicted octanol–water partition coefficient (Wildman–Crippen LogP) is 2.83. The highest BCUT2D eigenvalue weighted by atomic mass is 16.7. The van der Waals surface area contributed by atoms with E-state index in [1.807, 2.05) is 30.3 Å². The van der Waals surface area contributed by atoms with E-state index < -0.39 is 0 Å². The molecule has 104 valence electrons. The smallest absolute Gasteiger partial charge is 0.257 e. The van der Waals surface area contributed by atoms with Gasteiger partial charge in [0, 0.05) is 11.3 Å². The Labute approximate surface area is 122 Å². The molecule has 0 radical (unpaired) electrons. The largest absolute Gasteiger partial charge is 0.379 e. The topological polar surface area (TPSA) is 50.4 Å². The number of anilines is 1. The molecule has 0 saturated heterocycles. The minimum absolute atomic E-state index is 0.0457. The summed E-state index contributed by atoms with van der Waals surface area (Å²) in [5.74, 6) is 0.608. The first-order valence-electron chi connectivity index (χ1n) is 6.92. The van der Waals surface area contributed by atoms with E-state index in [9.17, 15) is 4.79 Å². The van der Waals surface area contributed by atoms with Gasteiger partial charge in [0.05, 0.1) is 12.5 Å². The van der Waals surface area contributed by atoms with Crippen molar-refractivity contribution in [2.75, 3.05) is 5.32 Å². The normalized spacial score (nSPS) is 18.9. The number of hydrogen-bond donors (Lipinski definition) is 2. The first-order chi connectivity index (χ1) is 10.3. The van der Waals surface area contributed by atoms with Crippen molar-refractivity contribution in [2.24, 2.45) is 0 Å². The third-order valence-corrected chi connectivity index (χ3v) is 3.86. The molecule has 0 fully saturated rings. The minimum Gasteiger partial charge on any atom is -0.379 e. The van der Waals surface area contributed by atoms with E-state index in [-0.39, 0.29) is 11.9 Å². The molecular formula is C17H14N2O2. The molecule has 4 rings (SSSR count). The molecule has 0 spiro atoms. The molecule has 4 nitrogen and oxygen atoms in total. The average molecular weight is 278 g/mol. The van der Waals surface area contributed by atoms with Crippen LogP contribution in [0.25, 0.3) is 6.08 Å². The van der Waals surface area contributed by atoms with Crippen LogP contribution < -0.4 is 15.6 Å². The molecule has 1 atom stereocenters. The van der Waals surface area contributed by atoms with Crippen LogP contribution in [0, 0.1) is 0 Å². The number of carbonyl (C=O) groups excluding carboxylic acids is 1. The number of hydroxylamine groups is 1. The van der Waals surface area contributed by atoms with Gasteiger partial charge in [-0.1, -0.05) is 42.5 Å². The molecule has 0 aromatic heterocycles. The molecular weight excluding hydrogens is 264 g/mol. The fourth-order valence-electron chi connectivity index (χ4n) is 2.84. The van der Waals surface area contributed by atoms with E-state index in [2.05, 4.69) is 35.1 Å². The molecule has 2 aliphatic heterocycles. The van der Waals surface area contributed by atoms with Crippen molar-refractivity contribution in [3.8, 4) is 5.75 Å². The highest BCUT2D eigenvalue weighted by molar-refractivity contribution is 5.81. The number of para-hydroxylation sites is 1. The Hall–Kier alpha value is -2.75. The van der Waals surface area contributed by atoms with Crippen LogP contribution in [-0.2, 0) is 11.2 Å². The van der Waals surface area contributed by atoms with Gasteiger partial charge in [-0.05, 0) is 23.3 Å². The first-order valence-corrected chi connectivity index (χ1v) is 6.92. The van der Waals surface area contributed by atoms with Crippen LogP contribution in [0.2, 0.25) is 0 Å². The SMILES string of the molecule is O=C1Cc2c(cccc2C2C=Cc3ccccc3N2)ON1. The lowest BCUT2D eigenvalue weighted by Crippen LogP contribution is -2.34. The molecule has 0 bridgehead atoms. The second-order valence-corrected chi connectivity index (χ2v) is 5.20. The van der Waals surface area contributed by atoms with Gasteiger partial charge in [-0.2, -0.15) is 5.48 Å². The fraction of sp³-hybridized carbons (Fsp3) is 0.118. The molecule has 0 aliphatic carbocycles. The monoisotopic (exact) mass is 278 g/mol. The zero-order chi connectivity index (χ0) is 14.2. The van der Waals surface area contributed by atoms with Crippen LogP contribution in [0.4, 0.5) is 5.69 Å². The van der Waals surface area contributed by atoms with E-state index in [0.717, 1.165) is 22.6 Å². The molecule has 2 aliphatic rings. The van der Waals surface area contributed by atoms with Gasteiger partial charge in [-0.3, -0.25) is 4.79 Å². The summed E-state index contributed by atoms with van der Waals surface area (Å²) in [7, 11) is 0. The van der Waals surface area contributed by atoms with Crippen LogP contribution in [0.3, 0.4) is 0 Å². The van der Waals surface area contributed by atoms with E-state index >= 15 is 0 Å². The Morgan fingerprint density at radius 2 is 2.00 bits per heavy atom. The number of hydrogen-bond acceptors (Lipinski definition) is 3. The number of rotatable bonds is 1. The van der Waals surface area contributed by atoms with E-state index in [0.29, 0.717) is 6.42 Å². The summed E-state index contributed by atoms with van der Waals surface area (Å²) in [4.78, 5) is 16.9. The molecule has 0 saturated carbocycles. The maximum Gasteiger partial charge on any atom is 0.257 e. The lowest BCUT2D eigenvalue weighted by Gasteiger charge is -2.27. The van der Waals surface area contributed by atoms with Crippen molar-refractivity contribution < 1.29 is 9.63 Å². The summed E-state index contributed by atoms with van der Waals surface area (Å²) in [6.45, 7) is 0. The van der Waals surface area contributed by atoms with Gasteiger partial charge in [0.25, 0.3) is 5.91 Å². The summed E-state index contributed by atoms with van der Waals surface area (Å²) in [6.07, 6.45) is 4.57. The molecule has 2 aromatic rings. The quantitative estimate of drug-likeness (QED) is 0.843. The minimum atomic E-state index is -0.116. The van der Waals surface area contributed by atoms with E-state index in [1.54, 1.807) is 0 Å². The van der Waals surface area contributed by atoms with E-state index in [4.69, 9.17) is 4.84 Å². The van der Waals surface area contributed by atoms with Crippen molar-refractivity contribution in [3.63, 3.8) is 0 Å². The summed E-state index contributed by atoms with van der Waals surface area (Å²) in [5, 5.41) is 3.50. The third-order valence-electron chi connectivity index (χ3n) is 3.86. The maximum absolute atomic E-state index is 11.6. The van der Waals surface area contributed by atoms with Crippen molar-refractivity contribution in [1.29, 1.82) is 0 Å². The van der Waals surface area contributed by atoms with Gasteiger partial charge < -0.3 is 10.2 Å². The Bertz CT molecular complexity index is 752. The number of amides is 1. The second-order valence-electron chi connectivity index (χ2n) is 5.20. The van der Waals surface area contributed by atoms with Crippen LogP contribution in [0.15, 0.2) is 48.5 Å². The van der Waals surface area contributed by atoms with Crippen molar-refractivity contribution in [3.05, 3.63) is 65.2 Å². The number of carbonyl (C=O) groups is 1. The predicted molar refractivity (Wildman–Crippen MR) is 80.8 cm³/mol. The third kappa shape index (κ3) is 2.05. The number of nitrogens with one attached hydrogen (secondary N) is 2. The Morgan fingerprint density at radius 3 is 2.95 bits per heavy atom. The maximum atomic E-state index is 11.6. The molecule has 2 heterocycles. The van der Waals surface area contributed by atoms with Gasteiger partial charge in [-0.15, -0.1) is 0 Å². The molecule has 21 heavy (non-hydrogen) atoms. The highest BCUT2D eigenvalue weighted by Gasteiger charge is 2.24. The van der Waals surface area contributed by atoms with Crippen LogP contribution >= 0.6 is 0 Å². The van der Waals surface area contributed by atoms with Gasteiger partial charge in [0.2, 0.25) is 0 Å². The summed E-state index contributed by atoms with van der Waals surface area (Å²) in [5.41, 5.74) is 6.70. The standard InChI is InChI=1S/C17H14N2O2/c20-17-10-13-12(5-3-7-16(13)21-19-17)15-9-8-11-4-1-2-6-14(11)18-15/h1-9,15,18H,10H2,(H,19,20). The summed E-state index contributed by atoms with van der Waals surface area (Å²) >= 11 is 0. The Kier molecular flexibility index (Phi) is 2.67. The Balaban J connectivity index is 1.74. The molecule has 4 heteroatoms. The van der Waals surface area contributed by atoms with Crippen molar-refractivity contribution >= 4 is 17.7 Å². The second kappa shape index (κ2) is 4.66. The van der Waals surface area contributed by atoms with Gasteiger partial charge in [0.15, 0.2) is 5.75 Å². The van der Waals surface area contributed by atoms with Crippen LogP contribution in [-0.4, -0.2) is 5.91 Å². The lowest BCUT2D eigenvalue weighted by molar-refractivity contribution is -0.128. The van der Waals surface area contributed by atoms with E-state index in [1.165, 1.54) is 5.56 Å². The highest BCUT2D eigenvalue weighted by Crippen LogP contribution is 2.35. The zero-order valence-electron chi connectivity index (χ0n) is 11.3. The van der Waals surface area contributed by atoms with Crippen molar-refractivity contribution in [2.45, 2.75) is 12.5 Å². The average Bonchev–Trinajstić information content (AvgIpc) is 2.54. The summed E-state index contributed by atoms with van der Waals surface area (Å²) in [6, 6.07) is 14.1. The van der Waals surface area contributed by atoms with Crippen LogP contribution in [0.5, 0.6) is 5.75 Å². The number of fused-ring (bicyclic) bond motifs is 2. The van der Waals surface area contributed by atoms with Crippen molar-refractivity contribution in [1.82, 2.24) is 5.48 Å². The fourth-order valence-corrected chi connectivity index (χ4v) is 2.84. The molecule has 1 unspecified atom stereocenters. The lowest BCUT2D eigenvalue weighted by atomic mass is 9.93.